The van der Waals surface area contributed by atoms with Gasteiger partial charge in [-0.05, 0) is 37.2 Å². The van der Waals surface area contributed by atoms with Crippen molar-refractivity contribution in [1.29, 1.82) is 0 Å². The van der Waals surface area contributed by atoms with E-state index in [0.29, 0.717) is 17.0 Å². The van der Waals surface area contributed by atoms with Crippen LogP contribution >= 0.6 is 0 Å². The number of anilines is 1. The summed E-state index contributed by atoms with van der Waals surface area (Å²) in [4.78, 5) is 40.4. The average molecular weight is 488 g/mol. The molecule has 1 aliphatic heterocycles. The number of aliphatic carboxylic acids is 1. The van der Waals surface area contributed by atoms with Crippen molar-refractivity contribution < 1.29 is 24.2 Å². The predicted octanol–water partition coefficient (Wildman–Crippen LogP) is 3.07. The number of benzene rings is 3. The minimum absolute atomic E-state index is 0.191. The second-order valence-electron chi connectivity index (χ2n) is 8.66. The molecule has 1 aliphatic rings. The number of carboxylic acid groups (broad SMARTS) is 1. The summed E-state index contributed by atoms with van der Waals surface area (Å²) in [5, 5.41) is 15.6. The molecule has 4 rings (SSSR count). The molecule has 0 radical (unpaired) electrons. The van der Waals surface area contributed by atoms with Crippen molar-refractivity contribution >= 4 is 23.5 Å². The van der Waals surface area contributed by atoms with Crippen LogP contribution in [0.1, 0.15) is 29.7 Å². The van der Waals surface area contributed by atoms with Crippen LogP contribution in [0.2, 0.25) is 0 Å². The molecule has 8 nitrogen and oxygen atoms in total. The lowest BCUT2D eigenvalue weighted by Gasteiger charge is -2.29. The van der Waals surface area contributed by atoms with Crippen LogP contribution in [0.3, 0.4) is 0 Å². The number of carboxylic acids is 1. The first-order valence-corrected chi connectivity index (χ1v) is 11.8. The van der Waals surface area contributed by atoms with Gasteiger partial charge >= 0.3 is 5.97 Å². The van der Waals surface area contributed by atoms with Crippen molar-refractivity contribution in [2.24, 2.45) is 0 Å². The van der Waals surface area contributed by atoms with Gasteiger partial charge in [-0.2, -0.15) is 0 Å². The van der Waals surface area contributed by atoms with E-state index in [1.54, 1.807) is 50.4 Å². The maximum absolute atomic E-state index is 14.1. The van der Waals surface area contributed by atoms with Crippen LogP contribution in [-0.2, 0) is 27.4 Å². The predicted molar refractivity (Wildman–Crippen MR) is 136 cm³/mol. The molecule has 0 aromatic heterocycles. The Morgan fingerprint density at radius 1 is 1.00 bits per heavy atom. The fourth-order valence-electron chi connectivity index (χ4n) is 4.25. The molecule has 0 spiro atoms. The number of carbonyl (C=O) groups is 3. The Morgan fingerprint density at radius 3 is 2.39 bits per heavy atom. The van der Waals surface area contributed by atoms with E-state index in [9.17, 15) is 19.5 Å². The molecule has 3 aromatic carbocycles. The number of para-hydroxylation sites is 2. The fourth-order valence-corrected chi connectivity index (χ4v) is 4.25. The molecule has 0 saturated carbocycles. The number of hydrogen-bond donors (Lipinski definition) is 3. The van der Waals surface area contributed by atoms with Gasteiger partial charge < -0.3 is 20.5 Å². The van der Waals surface area contributed by atoms with Gasteiger partial charge in [0.25, 0.3) is 5.91 Å². The quantitative estimate of drug-likeness (QED) is 0.428. The molecule has 0 aliphatic carbocycles. The van der Waals surface area contributed by atoms with Gasteiger partial charge in [0.1, 0.15) is 24.4 Å². The zero-order chi connectivity index (χ0) is 25.7. The van der Waals surface area contributed by atoms with Crippen molar-refractivity contribution in [2.45, 2.75) is 38.1 Å². The molecule has 0 bridgehead atoms. The van der Waals surface area contributed by atoms with Gasteiger partial charge in [-0.3, -0.25) is 14.5 Å². The summed E-state index contributed by atoms with van der Waals surface area (Å²) in [6.07, 6.45) is 0.191. The minimum atomic E-state index is -1.16. The smallest absolute Gasteiger partial charge is 0.327 e. The monoisotopic (exact) mass is 487 g/mol. The van der Waals surface area contributed by atoms with Gasteiger partial charge in [-0.1, -0.05) is 66.7 Å². The summed E-state index contributed by atoms with van der Waals surface area (Å²) in [5.74, 6) is -1.62. The van der Waals surface area contributed by atoms with Crippen LogP contribution in [-0.4, -0.2) is 42.0 Å². The highest BCUT2D eigenvalue weighted by atomic mass is 16.5. The van der Waals surface area contributed by atoms with Crippen molar-refractivity contribution in [3.8, 4) is 5.75 Å². The van der Waals surface area contributed by atoms with Crippen molar-refractivity contribution in [1.82, 2.24) is 10.6 Å². The van der Waals surface area contributed by atoms with Gasteiger partial charge in [0, 0.05) is 17.7 Å². The standard InChI is InChI=1S/C28H29N3O5/c1-18(29-2)26(32)30-25(21-13-7-9-15-24(21)36-17-19-10-4-3-5-11-19)27(33)31-22-14-8-6-12-20(22)16-23(31)28(34)35/h3-15,18,23,25,29H,16-17H2,1-2H3,(H,30,32)(H,34,35). The first kappa shape index (κ1) is 24.9. The molecule has 3 unspecified atom stereocenters. The first-order valence-electron chi connectivity index (χ1n) is 11.8. The fraction of sp³-hybridized carbons (Fsp3) is 0.250. The molecule has 3 atom stereocenters. The van der Waals surface area contributed by atoms with Crippen molar-refractivity contribution in [3.63, 3.8) is 0 Å². The molecule has 3 aromatic rings. The molecular formula is C28H29N3O5. The Kier molecular flexibility index (Phi) is 7.65. The van der Waals surface area contributed by atoms with Crippen molar-refractivity contribution in [2.75, 3.05) is 11.9 Å². The topological polar surface area (TPSA) is 108 Å². The summed E-state index contributed by atoms with van der Waals surface area (Å²) in [6.45, 7) is 1.95. The van der Waals surface area contributed by atoms with E-state index in [2.05, 4.69) is 10.6 Å². The molecule has 3 N–H and O–H groups in total. The van der Waals surface area contributed by atoms with Gasteiger partial charge in [-0.25, -0.2) is 4.79 Å². The van der Waals surface area contributed by atoms with Gasteiger partial charge in [-0.15, -0.1) is 0 Å². The Morgan fingerprint density at radius 2 is 1.67 bits per heavy atom. The zero-order valence-corrected chi connectivity index (χ0v) is 20.2. The van der Waals surface area contributed by atoms with E-state index in [4.69, 9.17) is 4.74 Å². The number of amides is 2. The maximum atomic E-state index is 14.1. The number of hydrogen-bond acceptors (Lipinski definition) is 5. The summed E-state index contributed by atoms with van der Waals surface area (Å²) in [7, 11) is 1.65. The van der Waals surface area contributed by atoms with E-state index in [1.807, 2.05) is 42.5 Å². The summed E-state index contributed by atoms with van der Waals surface area (Å²) < 4.78 is 6.08. The number of rotatable bonds is 9. The number of nitrogens with zero attached hydrogens (tertiary/aromatic N) is 1. The summed E-state index contributed by atoms with van der Waals surface area (Å²) in [6, 6.07) is 20.9. The zero-order valence-electron chi connectivity index (χ0n) is 20.2. The Labute approximate surface area is 209 Å². The van der Waals surface area contributed by atoms with E-state index in [0.717, 1.165) is 11.1 Å². The van der Waals surface area contributed by atoms with Crippen LogP contribution in [0, 0.1) is 0 Å². The molecule has 0 fully saturated rings. The summed E-state index contributed by atoms with van der Waals surface area (Å²) in [5.41, 5.74) is 2.69. The van der Waals surface area contributed by atoms with E-state index >= 15 is 0 Å². The van der Waals surface area contributed by atoms with Crippen LogP contribution in [0.15, 0.2) is 78.9 Å². The Balaban J connectivity index is 1.73. The molecular weight excluding hydrogens is 458 g/mol. The van der Waals surface area contributed by atoms with Crippen molar-refractivity contribution in [3.05, 3.63) is 95.6 Å². The molecule has 186 valence electrons. The molecule has 36 heavy (non-hydrogen) atoms. The second-order valence-corrected chi connectivity index (χ2v) is 8.66. The molecule has 0 saturated heterocycles. The third kappa shape index (κ3) is 5.23. The third-order valence-corrected chi connectivity index (χ3v) is 6.33. The lowest BCUT2D eigenvalue weighted by atomic mass is 10.0. The minimum Gasteiger partial charge on any atom is -0.489 e. The first-order chi connectivity index (χ1) is 17.4. The molecule has 8 heteroatoms. The number of carbonyl (C=O) groups excluding carboxylic acids is 2. The van der Waals surface area contributed by atoms with Gasteiger partial charge in [0.05, 0.1) is 6.04 Å². The highest BCUT2D eigenvalue weighted by molar-refractivity contribution is 6.06. The molecule has 2 amide bonds. The van der Waals surface area contributed by atoms with E-state index in [-0.39, 0.29) is 13.0 Å². The number of ether oxygens (including phenoxy) is 1. The Bertz CT molecular complexity index is 1250. The normalized spacial score (nSPS) is 16.1. The molecule has 1 heterocycles. The van der Waals surface area contributed by atoms with Crippen LogP contribution in [0.5, 0.6) is 5.75 Å². The largest absolute Gasteiger partial charge is 0.489 e. The Hall–Kier alpha value is -4.17. The maximum Gasteiger partial charge on any atom is 0.327 e. The lowest BCUT2D eigenvalue weighted by Crippen LogP contribution is -2.51. The third-order valence-electron chi connectivity index (χ3n) is 6.33. The van der Waals surface area contributed by atoms with E-state index < -0.39 is 35.9 Å². The van der Waals surface area contributed by atoms with E-state index in [1.165, 1.54) is 4.90 Å². The van der Waals surface area contributed by atoms with Crippen LogP contribution in [0.4, 0.5) is 5.69 Å². The van der Waals surface area contributed by atoms with Crippen LogP contribution < -0.4 is 20.3 Å². The van der Waals surface area contributed by atoms with Crippen LogP contribution in [0.25, 0.3) is 0 Å². The lowest BCUT2D eigenvalue weighted by molar-refractivity contribution is -0.140. The van der Waals surface area contributed by atoms with Gasteiger partial charge in [0.2, 0.25) is 5.91 Å². The average Bonchev–Trinajstić information content (AvgIpc) is 3.30. The SMILES string of the molecule is CNC(C)C(=O)NC(C(=O)N1c2ccccc2CC1C(=O)O)c1ccccc1OCc1ccccc1. The summed E-state index contributed by atoms with van der Waals surface area (Å²) >= 11 is 0. The highest BCUT2D eigenvalue weighted by Gasteiger charge is 2.42. The highest BCUT2D eigenvalue weighted by Crippen LogP contribution is 2.36. The van der Waals surface area contributed by atoms with Gasteiger partial charge in [0.15, 0.2) is 0 Å². The second kappa shape index (κ2) is 11.0. The number of likely N-dealkylation sites (N-methyl/N-ethyl adjacent to an activating group) is 1. The number of nitrogens with one attached hydrogen (secondary N) is 2. The number of fused-ring (bicyclic) bond motifs is 1.